The van der Waals surface area contributed by atoms with Gasteiger partial charge in [0.1, 0.15) is 5.76 Å². The van der Waals surface area contributed by atoms with Gasteiger partial charge in [0.25, 0.3) is 0 Å². The molecule has 1 saturated heterocycles. The summed E-state index contributed by atoms with van der Waals surface area (Å²) < 4.78 is 17.0. The minimum absolute atomic E-state index is 0.0279. The molecule has 0 N–H and O–H groups in total. The molecule has 2 aromatic rings. The SMILES string of the molecule is COc1ccc(C23CCC(OC(=O)c4c(C)cc(C)cc4C)=CC2N(C)CC3)cc1OC. The molecule has 0 aromatic heterocycles. The lowest BCUT2D eigenvalue weighted by molar-refractivity contribution is 0.0591. The van der Waals surface area contributed by atoms with Gasteiger partial charge in [-0.15, -0.1) is 0 Å². The third-order valence-corrected chi connectivity index (χ3v) is 7.18. The van der Waals surface area contributed by atoms with E-state index in [2.05, 4.69) is 30.2 Å². The van der Waals surface area contributed by atoms with Crippen molar-refractivity contribution < 1.29 is 19.0 Å². The standard InChI is InChI=1S/C27H33NO4/c1-17-13-18(2)25(19(3)14-17)26(29)32-21-9-10-27(11-12-28(4)24(27)16-21)20-7-8-22(30-5)23(15-20)31-6/h7-8,13-16,24H,9-12H2,1-6H3. The van der Waals surface area contributed by atoms with Crippen LogP contribution < -0.4 is 9.47 Å². The lowest BCUT2D eigenvalue weighted by atomic mass is 9.68. The lowest BCUT2D eigenvalue weighted by Gasteiger charge is -2.40. The van der Waals surface area contributed by atoms with Crippen LogP contribution in [0.2, 0.25) is 0 Å². The first-order chi connectivity index (χ1) is 15.3. The van der Waals surface area contributed by atoms with Gasteiger partial charge in [0.2, 0.25) is 0 Å². The Bertz CT molecular complexity index is 1050. The fraction of sp³-hybridized carbons (Fsp3) is 0.444. The molecule has 0 spiro atoms. The summed E-state index contributed by atoms with van der Waals surface area (Å²) in [5.74, 6) is 1.99. The molecule has 2 aliphatic rings. The summed E-state index contributed by atoms with van der Waals surface area (Å²) >= 11 is 0. The normalized spacial score (nSPS) is 22.8. The van der Waals surface area contributed by atoms with Crippen molar-refractivity contribution in [2.45, 2.75) is 51.5 Å². The molecule has 1 aliphatic carbocycles. The van der Waals surface area contributed by atoms with Gasteiger partial charge in [-0.1, -0.05) is 23.8 Å². The molecule has 4 rings (SSSR count). The molecule has 0 saturated carbocycles. The number of hydrogen-bond acceptors (Lipinski definition) is 5. The molecule has 0 radical (unpaired) electrons. The summed E-state index contributed by atoms with van der Waals surface area (Å²) in [6.45, 7) is 6.98. The number of ether oxygens (including phenoxy) is 3. The molecule has 1 fully saturated rings. The van der Waals surface area contributed by atoms with Gasteiger partial charge in [-0.3, -0.25) is 4.90 Å². The molecule has 170 valence electrons. The predicted octanol–water partition coefficient (Wildman–Crippen LogP) is 5.11. The highest BCUT2D eigenvalue weighted by molar-refractivity contribution is 5.93. The Balaban J connectivity index is 1.63. The average molecular weight is 436 g/mol. The van der Waals surface area contributed by atoms with Crippen molar-refractivity contribution in [2.75, 3.05) is 27.8 Å². The first kappa shape index (κ1) is 22.4. The van der Waals surface area contributed by atoms with Crippen LogP contribution >= 0.6 is 0 Å². The van der Waals surface area contributed by atoms with E-state index in [0.29, 0.717) is 5.56 Å². The highest BCUT2D eigenvalue weighted by atomic mass is 16.5. The number of fused-ring (bicyclic) bond motifs is 1. The van der Waals surface area contributed by atoms with Crippen molar-refractivity contribution >= 4 is 5.97 Å². The Hall–Kier alpha value is -2.79. The quantitative estimate of drug-likeness (QED) is 0.611. The van der Waals surface area contributed by atoms with Crippen LogP contribution in [-0.2, 0) is 10.2 Å². The summed E-state index contributed by atoms with van der Waals surface area (Å²) in [4.78, 5) is 15.4. The number of carbonyl (C=O) groups is 1. The van der Waals surface area contributed by atoms with Crippen LogP contribution in [-0.4, -0.2) is 44.7 Å². The highest BCUT2D eigenvalue weighted by Crippen LogP contribution is 2.49. The third kappa shape index (κ3) is 3.79. The van der Waals surface area contributed by atoms with Crippen LogP contribution in [0, 0.1) is 20.8 Å². The van der Waals surface area contributed by atoms with E-state index < -0.39 is 0 Å². The Kier molecular flexibility index (Phi) is 6.04. The fourth-order valence-electron chi connectivity index (χ4n) is 5.61. The van der Waals surface area contributed by atoms with Gasteiger partial charge in [-0.2, -0.15) is 0 Å². The van der Waals surface area contributed by atoms with E-state index in [-0.39, 0.29) is 17.4 Å². The molecule has 5 nitrogen and oxygen atoms in total. The van der Waals surface area contributed by atoms with Gasteiger partial charge >= 0.3 is 5.97 Å². The number of rotatable bonds is 5. The summed E-state index contributed by atoms with van der Waals surface area (Å²) in [5.41, 5.74) is 4.97. The number of esters is 1. The van der Waals surface area contributed by atoms with Crippen LogP contribution in [0.15, 0.2) is 42.2 Å². The van der Waals surface area contributed by atoms with Gasteiger partial charge < -0.3 is 14.2 Å². The van der Waals surface area contributed by atoms with Crippen molar-refractivity contribution in [2.24, 2.45) is 0 Å². The maximum absolute atomic E-state index is 13.0. The molecule has 2 unspecified atom stereocenters. The summed E-state index contributed by atoms with van der Waals surface area (Å²) in [5, 5.41) is 0. The first-order valence-corrected chi connectivity index (χ1v) is 11.2. The molecular weight excluding hydrogens is 402 g/mol. The van der Waals surface area contributed by atoms with E-state index in [1.54, 1.807) is 14.2 Å². The second-order valence-corrected chi connectivity index (χ2v) is 9.20. The third-order valence-electron chi connectivity index (χ3n) is 7.18. The van der Waals surface area contributed by atoms with E-state index in [0.717, 1.165) is 59.8 Å². The zero-order valence-corrected chi connectivity index (χ0v) is 20.0. The Morgan fingerprint density at radius 2 is 1.69 bits per heavy atom. The van der Waals surface area contributed by atoms with Crippen molar-refractivity contribution in [1.29, 1.82) is 0 Å². The van der Waals surface area contributed by atoms with Crippen LogP contribution in [0.3, 0.4) is 0 Å². The number of aryl methyl sites for hydroxylation is 3. The van der Waals surface area contributed by atoms with E-state index in [4.69, 9.17) is 14.2 Å². The summed E-state index contributed by atoms with van der Waals surface area (Å²) in [6, 6.07) is 10.5. The molecule has 0 bridgehead atoms. The lowest BCUT2D eigenvalue weighted by Crippen LogP contribution is -2.42. The molecule has 2 aromatic carbocycles. The van der Waals surface area contributed by atoms with Crippen LogP contribution in [0.4, 0.5) is 0 Å². The van der Waals surface area contributed by atoms with Crippen molar-refractivity contribution in [3.63, 3.8) is 0 Å². The zero-order chi connectivity index (χ0) is 23.0. The molecular formula is C27H33NO4. The Labute approximate surface area is 191 Å². The van der Waals surface area contributed by atoms with Crippen molar-refractivity contribution in [3.05, 3.63) is 70.0 Å². The summed E-state index contributed by atoms with van der Waals surface area (Å²) in [6.07, 6.45) is 4.86. The van der Waals surface area contributed by atoms with E-state index in [9.17, 15) is 4.79 Å². The van der Waals surface area contributed by atoms with Gasteiger partial charge in [0.15, 0.2) is 11.5 Å². The second-order valence-electron chi connectivity index (χ2n) is 9.20. The van der Waals surface area contributed by atoms with Crippen molar-refractivity contribution in [1.82, 2.24) is 4.90 Å². The van der Waals surface area contributed by atoms with Gasteiger partial charge in [0.05, 0.1) is 19.8 Å². The largest absolute Gasteiger partial charge is 0.493 e. The number of likely N-dealkylation sites (N-methyl/N-ethyl adjacent to an activating group) is 1. The molecule has 0 amide bonds. The number of likely N-dealkylation sites (tertiary alicyclic amines) is 1. The maximum atomic E-state index is 13.0. The molecule has 1 heterocycles. The monoisotopic (exact) mass is 435 g/mol. The van der Waals surface area contributed by atoms with Crippen LogP contribution in [0.25, 0.3) is 0 Å². The minimum Gasteiger partial charge on any atom is -0.493 e. The Morgan fingerprint density at radius 1 is 1.00 bits per heavy atom. The average Bonchev–Trinajstić information content (AvgIpc) is 3.09. The van der Waals surface area contributed by atoms with Crippen molar-refractivity contribution in [3.8, 4) is 11.5 Å². The predicted molar refractivity (Wildman–Crippen MR) is 126 cm³/mol. The first-order valence-electron chi connectivity index (χ1n) is 11.2. The molecule has 32 heavy (non-hydrogen) atoms. The highest BCUT2D eigenvalue weighted by Gasteiger charge is 2.48. The van der Waals surface area contributed by atoms with Crippen LogP contribution in [0.1, 0.15) is 51.9 Å². The minimum atomic E-state index is -0.259. The number of hydrogen-bond donors (Lipinski definition) is 0. The van der Waals surface area contributed by atoms with Crippen LogP contribution in [0.5, 0.6) is 11.5 Å². The smallest absolute Gasteiger partial charge is 0.343 e. The number of nitrogens with zero attached hydrogens (tertiary/aromatic N) is 1. The zero-order valence-electron chi connectivity index (χ0n) is 20.0. The topological polar surface area (TPSA) is 48.0 Å². The fourth-order valence-corrected chi connectivity index (χ4v) is 5.61. The molecule has 1 aliphatic heterocycles. The van der Waals surface area contributed by atoms with Gasteiger partial charge in [0, 0.05) is 17.9 Å². The van der Waals surface area contributed by atoms with E-state index in [1.807, 2.05) is 39.0 Å². The number of methoxy groups -OCH3 is 2. The summed E-state index contributed by atoms with van der Waals surface area (Å²) in [7, 11) is 5.47. The van der Waals surface area contributed by atoms with E-state index >= 15 is 0 Å². The molecule has 5 heteroatoms. The number of benzene rings is 2. The van der Waals surface area contributed by atoms with E-state index in [1.165, 1.54) is 5.56 Å². The molecule has 2 atom stereocenters. The van der Waals surface area contributed by atoms with Gasteiger partial charge in [-0.25, -0.2) is 4.79 Å². The van der Waals surface area contributed by atoms with Gasteiger partial charge in [-0.05, 0) is 82.1 Å². The maximum Gasteiger partial charge on any atom is 0.343 e. The Morgan fingerprint density at radius 3 is 2.34 bits per heavy atom. The number of allylic oxidation sites excluding steroid dienone is 1. The second kappa shape index (κ2) is 8.62. The number of carbonyl (C=O) groups excluding carboxylic acids is 1.